The number of hydrogen-bond donors (Lipinski definition) is 0. The van der Waals surface area contributed by atoms with Crippen molar-refractivity contribution in [1.29, 1.82) is 0 Å². The molecule has 0 rings (SSSR count). The summed E-state index contributed by atoms with van der Waals surface area (Å²) in [7, 11) is 0. The van der Waals surface area contributed by atoms with Gasteiger partial charge in [-0.1, -0.05) is 288 Å². The molecule has 6 nitrogen and oxygen atoms in total. The van der Waals surface area contributed by atoms with Crippen LogP contribution in [0.25, 0.3) is 0 Å². The van der Waals surface area contributed by atoms with E-state index in [1.165, 1.54) is 270 Å². The third-order valence-electron chi connectivity index (χ3n) is 15.1. The Morgan fingerprint density at radius 2 is 0.440 bits per heavy atom. The second-order valence-corrected chi connectivity index (χ2v) is 22.7. The van der Waals surface area contributed by atoms with E-state index in [9.17, 15) is 14.4 Å². The standard InChI is InChI=1S/C69H128O6/c1-4-7-10-13-16-19-22-25-28-31-33-34-36-38-41-44-47-50-53-56-59-62-68(71)74-65-66(64-73-67(70)61-58-55-52-49-46-43-40-37-30-27-24-21-18-15-12-9-6-3)75-69(72)63-60-57-54-51-48-45-42-39-35-32-29-26-23-20-17-14-11-8-5-2/h25-30,66H,4-24,31-65H2,1-3H3/b28-25-,29-26-,30-27-/t66-/m0/s1. The fraction of sp³-hybridized carbons (Fsp3) is 0.870. The van der Waals surface area contributed by atoms with E-state index >= 15 is 0 Å². The van der Waals surface area contributed by atoms with Gasteiger partial charge in [-0.25, -0.2) is 0 Å². The molecule has 0 saturated heterocycles. The van der Waals surface area contributed by atoms with Crippen molar-refractivity contribution in [3.63, 3.8) is 0 Å². The normalized spacial score (nSPS) is 12.2. The highest BCUT2D eigenvalue weighted by molar-refractivity contribution is 5.71. The van der Waals surface area contributed by atoms with Gasteiger partial charge in [-0.2, -0.15) is 0 Å². The lowest BCUT2D eigenvalue weighted by atomic mass is 10.0. The maximum Gasteiger partial charge on any atom is 0.306 e. The summed E-state index contributed by atoms with van der Waals surface area (Å²) in [5.41, 5.74) is 0. The van der Waals surface area contributed by atoms with Crippen molar-refractivity contribution in [3.8, 4) is 0 Å². The van der Waals surface area contributed by atoms with Crippen LogP contribution in [0.2, 0.25) is 0 Å². The minimum atomic E-state index is -0.775. The van der Waals surface area contributed by atoms with E-state index in [0.29, 0.717) is 19.3 Å². The second-order valence-electron chi connectivity index (χ2n) is 22.7. The van der Waals surface area contributed by atoms with E-state index in [2.05, 4.69) is 57.2 Å². The summed E-state index contributed by atoms with van der Waals surface area (Å²) in [6.07, 6.45) is 78.6. The van der Waals surface area contributed by atoms with Gasteiger partial charge in [-0.3, -0.25) is 14.4 Å². The minimum Gasteiger partial charge on any atom is -0.462 e. The number of allylic oxidation sites excluding steroid dienone is 6. The van der Waals surface area contributed by atoms with Gasteiger partial charge in [-0.05, 0) is 96.3 Å². The molecule has 0 unspecified atom stereocenters. The number of carbonyl (C=O) groups is 3. The average molecular weight is 1050 g/mol. The molecule has 0 spiro atoms. The molecule has 1 atom stereocenters. The van der Waals surface area contributed by atoms with Gasteiger partial charge in [0.15, 0.2) is 6.10 Å². The zero-order chi connectivity index (χ0) is 54.3. The van der Waals surface area contributed by atoms with Crippen molar-refractivity contribution in [3.05, 3.63) is 36.5 Å². The van der Waals surface area contributed by atoms with Crippen LogP contribution in [0.4, 0.5) is 0 Å². The van der Waals surface area contributed by atoms with Gasteiger partial charge in [0, 0.05) is 19.3 Å². The summed E-state index contributed by atoms with van der Waals surface area (Å²) in [6.45, 7) is 6.69. The first-order valence-electron chi connectivity index (χ1n) is 33.5. The van der Waals surface area contributed by atoms with E-state index in [0.717, 1.165) is 57.8 Å². The Balaban J connectivity index is 4.33. The van der Waals surface area contributed by atoms with E-state index < -0.39 is 6.10 Å². The van der Waals surface area contributed by atoms with Gasteiger partial charge < -0.3 is 14.2 Å². The molecule has 0 aliphatic heterocycles. The van der Waals surface area contributed by atoms with Crippen LogP contribution in [0.3, 0.4) is 0 Å². The van der Waals surface area contributed by atoms with Gasteiger partial charge in [0.25, 0.3) is 0 Å². The summed E-state index contributed by atoms with van der Waals surface area (Å²) in [5, 5.41) is 0. The summed E-state index contributed by atoms with van der Waals surface area (Å²) in [6, 6.07) is 0. The van der Waals surface area contributed by atoms with Gasteiger partial charge in [0.1, 0.15) is 13.2 Å². The number of esters is 3. The molecule has 6 heteroatoms. The van der Waals surface area contributed by atoms with Gasteiger partial charge >= 0.3 is 17.9 Å². The van der Waals surface area contributed by atoms with Gasteiger partial charge in [-0.15, -0.1) is 0 Å². The molecule has 0 aliphatic carbocycles. The first-order valence-corrected chi connectivity index (χ1v) is 33.5. The number of hydrogen-bond acceptors (Lipinski definition) is 6. The molecule has 0 saturated carbocycles. The van der Waals surface area contributed by atoms with Crippen LogP contribution in [-0.4, -0.2) is 37.2 Å². The van der Waals surface area contributed by atoms with Crippen molar-refractivity contribution >= 4 is 17.9 Å². The van der Waals surface area contributed by atoms with Crippen molar-refractivity contribution in [2.45, 2.75) is 374 Å². The summed E-state index contributed by atoms with van der Waals surface area (Å²) >= 11 is 0. The molecule has 75 heavy (non-hydrogen) atoms. The van der Waals surface area contributed by atoms with Crippen LogP contribution in [0.1, 0.15) is 367 Å². The highest BCUT2D eigenvalue weighted by Crippen LogP contribution is 2.17. The Kier molecular flexibility index (Phi) is 62.1. The molecule has 0 aromatic heterocycles. The van der Waals surface area contributed by atoms with E-state index in [1.807, 2.05) is 0 Å². The summed E-state index contributed by atoms with van der Waals surface area (Å²) in [5.74, 6) is -0.853. The van der Waals surface area contributed by atoms with E-state index in [1.54, 1.807) is 0 Å². The van der Waals surface area contributed by atoms with E-state index in [-0.39, 0.29) is 31.1 Å². The highest BCUT2D eigenvalue weighted by Gasteiger charge is 2.19. The minimum absolute atomic E-state index is 0.0712. The topological polar surface area (TPSA) is 78.9 Å². The maximum atomic E-state index is 12.9. The lowest BCUT2D eigenvalue weighted by molar-refractivity contribution is -0.167. The fourth-order valence-electron chi connectivity index (χ4n) is 10.0. The smallest absolute Gasteiger partial charge is 0.306 e. The Morgan fingerprint density at radius 3 is 0.667 bits per heavy atom. The lowest BCUT2D eigenvalue weighted by Gasteiger charge is -2.18. The van der Waals surface area contributed by atoms with Crippen molar-refractivity contribution < 1.29 is 28.6 Å². The zero-order valence-electron chi connectivity index (χ0n) is 50.6. The molecular weight excluding hydrogens is 925 g/mol. The number of carbonyl (C=O) groups excluding carboxylic acids is 3. The first-order chi connectivity index (χ1) is 37.0. The SMILES string of the molecule is CCCCCCCC/C=C\CCCCCCCCCCCCCC(=O)OC[C@H](COC(=O)CCCCCCCCC/C=C\CCCCCCCC)OC(=O)CCCCCCCCCCC/C=C\CCCCCCCC. The van der Waals surface area contributed by atoms with Crippen LogP contribution in [-0.2, 0) is 28.6 Å². The number of rotatable bonds is 62. The van der Waals surface area contributed by atoms with Crippen LogP contribution < -0.4 is 0 Å². The van der Waals surface area contributed by atoms with Crippen LogP contribution in [0.5, 0.6) is 0 Å². The van der Waals surface area contributed by atoms with Crippen molar-refractivity contribution in [1.82, 2.24) is 0 Å². The molecule has 0 radical (unpaired) electrons. The van der Waals surface area contributed by atoms with Gasteiger partial charge in [0.05, 0.1) is 0 Å². The Labute approximate surface area is 467 Å². The Bertz CT molecular complexity index is 1250. The predicted molar refractivity (Wildman–Crippen MR) is 326 cm³/mol. The third-order valence-corrected chi connectivity index (χ3v) is 15.1. The van der Waals surface area contributed by atoms with Crippen molar-refractivity contribution in [2.75, 3.05) is 13.2 Å². The van der Waals surface area contributed by atoms with Crippen molar-refractivity contribution in [2.24, 2.45) is 0 Å². The maximum absolute atomic E-state index is 12.9. The monoisotopic (exact) mass is 1050 g/mol. The average Bonchev–Trinajstić information content (AvgIpc) is 3.41. The molecule has 0 bridgehead atoms. The first kappa shape index (κ1) is 72.6. The predicted octanol–water partition coefficient (Wildman–Crippen LogP) is 22.8. The molecule has 0 N–H and O–H groups in total. The zero-order valence-corrected chi connectivity index (χ0v) is 50.6. The quantitative estimate of drug-likeness (QED) is 0.0261. The van der Waals surface area contributed by atoms with Crippen LogP contribution in [0, 0.1) is 0 Å². The molecule has 0 amide bonds. The highest BCUT2D eigenvalue weighted by atomic mass is 16.6. The van der Waals surface area contributed by atoms with Crippen LogP contribution in [0.15, 0.2) is 36.5 Å². The molecule has 0 aromatic carbocycles. The molecule has 0 heterocycles. The molecule has 440 valence electrons. The van der Waals surface area contributed by atoms with Crippen LogP contribution >= 0.6 is 0 Å². The third kappa shape index (κ3) is 62.4. The second kappa shape index (κ2) is 64.2. The molecule has 0 aromatic rings. The fourth-order valence-corrected chi connectivity index (χ4v) is 10.0. The lowest BCUT2D eigenvalue weighted by Crippen LogP contribution is -2.30. The summed E-state index contributed by atoms with van der Waals surface area (Å²) in [4.78, 5) is 38.4. The molecule has 0 aliphatic rings. The van der Waals surface area contributed by atoms with Gasteiger partial charge in [0.2, 0.25) is 0 Å². The Morgan fingerprint density at radius 1 is 0.253 bits per heavy atom. The number of ether oxygens (including phenoxy) is 3. The van der Waals surface area contributed by atoms with E-state index in [4.69, 9.17) is 14.2 Å². The Hall–Kier alpha value is -2.37. The molecular formula is C69H128O6. The molecule has 0 fully saturated rings. The largest absolute Gasteiger partial charge is 0.462 e. The number of unbranched alkanes of at least 4 members (excludes halogenated alkanes) is 45. The summed E-state index contributed by atoms with van der Waals surface area (Å²) < 4.78 is 17.0.